The minimum absolute atomic E-state index is 0.0556. The maximum Gasteiger partial charge on any atom is 0.308 e. The summed E-state index contributed by atoms with van der Waals surface area (Å²) in [6.45, 7) is 0. The van der Waals surface area contributed by atoms with Crippen LogP contribution in [0.25, 0.3) is 0 Å². The van der Waals surface area contributed by atoms with E-state index in [-0.39, 0.29) is 24.3 Å². The Morgan fingerprint density at radius 1 is 1.00 bits per heavy atom. The van der Waals surface area contributed by atoms with Crippen LogP contribution in [0.3, 0.4) is 0 Å². The summed E-state index contributed by atoms with van der Waals surface area (Å²) in [5.41, 5.74) is 5.22. The molecule has 0 radical (unpaired) electrons. The van der Waals surface area contributed by atoms with Crippen LogP contribution in [0.15, 0.2) is 0 Å². The summed E-state index contributed by atoms with van der Waals surface area (Å²) in [5.74, 6) is -2.08. The summed E-state index contributed by atoms with van der Waals surface area (Å²) in [6, 6.07) is -2.09. The number of carbonyl (C=O) groups excluding carboxylic acids is 2. The van der Waals surface area contributed by atoms with Crippen LogP contribution in [0.5, 0.6) is 0 Å². The van der Waals surface area contributed by atoms with Crippen LogP contribution in [0, 0.1) is 10.1 Å². The Morgan fingerprint density at radius 3 is 1.82 bits per heavy atom. The Kier molecular flexibility index (Phi) is 5.42. The molecule has 2 atom stereocenters. The molecule has 2 amide bonds. The van der Waals surface area contributed by atoms with Gasteiger partial charge in [-0.2, -0.15) is 0 Å². The zero-order valence-corrected chi connectivity index (χ0v) is 12.7. The van der Waals surface area contributed by atoms with Crippen molar-refractivity contribution < 1.29 is 31.3 Å². The van der Waals surface area contributed by atoms with Crippen molar-refractivity contribution in [2.24, 2.45) is 5.73 Å². The highest BCUT2D eigenvalue weighted by Crippen LogP contribution is 2.07. The van der Waals surface area contributed by atoms with Crippen molar-refractivity contribution in [3.8, 4) is 0 Å². The molecule has 0 aliphatic carbocycles. The number of nitrogens with zero attached hydrogens (tertiary/aromatic N) is 1. The lowest BCUT2D eigenvalue weighted by molar-refractivity contribution is -0.508. The fourth-order valence-corrected chi connectivity index (χ4v) is 3.77. The lowest BCUT2D eigenvalue weighted by Crippen LogP contribution is -2.49. The average Bonchev–Trinajstić information content (AvgIpc) is 2.33. The minimum Gasteiger partial charge on any atom is -0.320 e. The molecule has 0 aromatic rings. The highest BCUT2D eigenvalue weighted by molar-refractivity contribution is 7.90. The topological polar surface area (TPSA) is 196 Å². The van der Waals surface area contributed by atoms with E-state index in [9.17, 15) is 36.5 Å². The van der Waals surface area contributed by atoms with Gasteiger partial charge in [-0.05, 0) is 6.42 Å². The first-order chi connectivity index (χ1) is 9.93. The maximum atomic E-state index is 10.7. The molecule has 4 N–H and O–H groups in total. The summed E-state index contributed by atoms with van der Waals surface area (Å²) in [5, 5.41) is 10.1. The first-order valence-electron chi connectivity index (χ1n) is 5.91. The van der Waals surface area contributed by atoms with E-state index in [2.05, 4.69) is 0 Å². The molecule has 2 rings (SSSR count). The normalized spacial score (nSPS) is 29.3. The third kappa shape index (κ3) is 5.19. The van der Waals surface area contributed by atoms with Crippen molar-refractivity contribution in [3.05, 3.63) is 10.1 Å². The van der Waals surface area contributed by atoms with Crippen LogP contribution in [0.1, 0.15) is 12.8 Å². The van der Waals surface area contributed by atoms with Gasteiger partial charge in [-0.3, -0.25) is 24.4 Å². The van der Waals surface area contributed by atoms with Crippen LogP contribution in [-0.4, -0.2) is 57.2 Å². The predicted octanol–water partition coefficient (Wildman–Crippen LogP) is -3.36. The van der Waals surface area contributed by atoms with E-state index in [1.807, 2.05) is 4.72 Å². The second-order valence-electron chi connectivity index (χ2n) is 4.56. The molecule has 0 saturated carbocycles. The van der Waals surface area contributed by atoms with Gasteiger partial charge < -0.3 is 5.73 Å². The highest BCUT2D eigenvalue weighted by atomic mass is 32.2. The second kappa shape index (κ2) is 6.53. The van der Waals surface area contributed by atoms with Crippen LogP contribution in [0.2, 0.25) is 0 Å². The Labute approximate surface area is 125 Å². The quantitative estimate of drug-likeness (QED) is 0.317. The molecule has 2 aliphatic heterocycles. The highest BCUT2D eigenvalue weighted by Gasteiger charge is 2.38. The second-order valence-corrected chi connectivity index (χ2v) is 8.24. The van der Waals surface area contributed by atoms with E-state index in [1.54, 1.807) is 4.72 Å². The standard InChI is InChI=1S/C4H6N2O5S.C4H8N2O3S/c7-4-3(6(8)9)1-2-12(10,11)5-4;5-3-1-2-10(8,9)6-4(3)7/h3H,1-2H2,(H,5,7);3H,1-2,5H2,(H,6,7). The van der Waals surface area contributed by atoms with Gasteiger partial charge in [-0.25, -0.2) is 21.6 Å². The number of sulfonamides is 2. The molecule has 0 bridgehead atoms. The number of carbonyl (C=O) groups is 2. The maximum absolute atomic E-state index is 10.7. The monoisotopic (exact) mass is 358 g/mol. The molecule has 126 valence electrons. The van der Waals surface area contributed by atoms with Gasteiger partial charge in [0.1, 0.15) is 0 Å². The molecule has 14 heteroatoms. The molecule has 2 unspecified atom stereocenters. The molecular weight excluding hydrogens is 344 g/mol. The van der Waals surface area contributed by atoms with Crippen LogP contribution in [-0.2, 0) is 29.6 Å². The summed E-state index contributed by atoms with van der Waals surface area (Å²) < 4.78 is 46.0. The van der Waals surface area contributed by atoms with E-state index in [0.717, 1.165) is 0 Å². The number of nitrogens with two attached hydrogens (primary N) is 1. The Balaban J connectivity index is 0.000000224. The van der Waals surface area contributed by atoms with Crippen LogP contribution >= 0.6 is 0 Å². The number of rotatable bonds is 1. The molecule has 2 saturated heterocycles. The summed E-state index contributed by atoms with van der Waals surface area (Å²) >= 11 is 0. The number of nitro groups is 1. The minimum atomic E-state index is -3.60. The van der Waals surface area contributed by atoms with Crippen LogP contribution < -0.4 is 15.2 Å². The van der Waals surface area contributed by atoms with E-state index in [0.29, 0.717) is 0 Å². The third-order valence-electron chi connectivity index (χ3n) is 2.76. The van der Waals surface area contributed by atoms with Crippen molar-refractivity contribution in [3.63, 3.8) is 0 Å². The molecule has 0 spiro atoms. The zero-order chi connectivity index (χ0) is 17.1. The molecule has 0 aromatic carbocycles. The fourth-order valence-electron chi connectivity index (χ4n) is 1.56. The summed E-state index contributed by atoms with van der Waals surface area (Å²) in [7, 11) is -6.95. The van der Waals surface area contributed by atoms with Gasteiger partial charge in [0.25, 0.3) is 6.04 Å². The Bertz CT molecular complexity index is 685. The molecule has 12 nitrogen and oxygen atoms in total. The fraction of sp³-hybridized carbons (Fsp3) is 0.750. The van der Waals surface area contributed by atoms with Crippen LogP contribution in [0.4, 0.5) is 0 Å². The molecule has 2 heterocycles. The first kappa shape index (κ1) is 18.2. The Hall–Kier alpha value is -1.80. The van der Waals surface area contributed by atoms with Gasteiger partial charge in [-0.15, -0.1) is 0 Å². The summed E-state index contributed by atoms with van der Waals surface area (Å²) in [6.07, 6.45) is -0.0324. The van der Waals surface area contributed by atoms with Gasteiger partial charge in [0, 0.05) is 11.3 Å². The molecule has 2 fully saturated rings. The van der Waals surface area contributed by atoms with Crippen molar-refractivity contribution in [2.45, 2.75) is 24.9 Å². The SMILES string of the molecule is NC1CCS(=O)(=O)NC1=O.O=C1NS(=O)(=O)CCC1[N+](=O)[O-]. The first-order valence-corrected chi connectivity index (χ1v) is 9.22. The lowest BCUT2D eigenvalue weighted by atomic mass is 10.2. The van der Waals surface area contributed by atoms with Crippen molar-refractivity contribution in [1.82, 2.24) is 9.44 Å². The number of nitrogens with one attached hydrogen (secondary N) is 2. The van der Waals surface area contributed by atoms with Crippen molar-refractivity contribution in [1.29, 1.82) is 0 Å². The van der Waals surface area contributed by atoms with Gasteiger partial charge >= 0.3 is 5.91 Å². The van der Waals surface area contributed by atoms with E-state index < -0.39 is 48.9 Å². The number of amides is 2. The van der Waals surface area contributed by atoms with Gasteiger partial charge in [-0.1, -0.05) is 0 Å². The molecular formula is C8H14N4O8S2. The molecule has 22 heavy (non-hydrogen) atoms. The van der Waals surface area contributed by atoms with Crippen molar-refractivity contribution in [2.75, 3.05) is 11.5 Å². The molecule has 0 aromatic heterocycles. The molecule has 2 aliphatic rings. The predicted molar refractivity (Wildman–Crippen MR) is 71.9 cm³/mol. The van der Waals surface area contributed by atoms with E-state index in [1.165, 1.54) is 0 Å². The zero-order valence-electron chi connectivity index (χ0n) is 11.1. The average molecular weight is 358 g/mol. The van der Waals surface area contributed by atoms with E-state index >= 15 is 0 Å². The number of hydrogen-bond acceptors (Lipinski definition) is 9. The van der Waals surface area contributed by atoms with Gasteiger partial charge in [0.15, 0.2) is 0 Å². The van der Waals surface area contributed by atoms with Gasteiger partial charge in [0.2, 0.25) is 26.0 Å². The van der Waals surface area contributed by atoms with Gasteiger partial charge in [0.05, 0.1) is 17.5 Å². The summed E-state index contributed by atoms with van der Waals surface area (Å²) in [4.78, 5) is 30.7. The lowest BCUT2D eigenvalue weighted by Gasteiger charge is -2.17. The number of hydrogen-bond donors (Lipinski definition) is 3. The largest absolute Gasteiger partial charge is 0.320 e. The third-order valence-corrected chi connectivity index (χ3v) is 5.33. The Morgan fingerprint density at radius 2 is 1.45 bits per heavy atom. The smallest absolute Gasteiger partial charge is 0.308 e. The van der Waals surface area contributed by atoms with E-state index in [4.69, 9.17) is 5.73 Å². The van der Waals surface area contributed by atoms with Crippen molar-refractivity contribution >= 4 is 31.9 Å².